The molecular weight excluding hydrogens is 274 g/mol. The van der Waals surface area contributed by atoms with Crippen molar-refractivity contribution in [2.24, 2.45) is 0 Å². The number of benzene rings is 2. The zero-order valence-corrected chi connectivity index (χ0v) is 11.9. The number of amides is 2. The van der Waals surface area contributed by atoms with Crippen LogP contribution in [0.5, 0.6) is 0 Å². The van der Waals surface area contributed by atoms with Crippen LogP contribution in [-0.4, -0.2) is 18.0 Å². The highest BCUT2D eigenvalue weighted by molar-refractivity contribution is 5.89. The number of nitrogens with one attached hydrogen (secondary N) is 1. The van der Waals surface area contributed by atoms with Gasteiger partial charge in [0.05, 0.1) is 5.69 Å². The van der Waals surface area contributed by atoms with Gasteiger partial charge in [-0.3, -0.25) is 0 Å². The van der Waals surface area contributed by atoms with Crippen molar-refractivity contribution in [3.8, 4) is 0 Å². The van der Waals surface area contributed by atoms with Crippen molar-refractivity contribution < 1.29 is 13.6 Å². The number of carbonyl (C=O) groups excluding carboxylic acids is 1. The van der Waals surface area contributed by atoms with Gasteiger partial charge in [-0.25, -0.2) is 13.6 Å². The van der Waals surface area contributed by atoms with Gasteiger partial charge >= 0.3 is 6.03 Å². The zero-order valence-electron chi connectivity index (χ0n) is 11.9. The number of aryl methyl sites for hydroxylation is 1. The molecule has 110 valence electrons. The highest BCUT2D eigenvalue weighted by Gasteiger charge is 2.13. The molecule has 0 saturated heterocycles. The minimum Gasteiger partial charge on any atom is -0.323 e. The van der Waals surface area contributed by atoms with Gasteiger partial charge in [0.15, 0.2) is 0 Å². The summed E-state index contributed by atoms with van der Waals surface area (Å²) in [6, 6.07) is 10.3. The second kappa shape index (κ2) is 6.35. The predicted octanol–water partition coefficient (Wildman–Crippen LogP) is 3.94. The van der Waals surface area contributed by atoms with Gasteiger partial charge in [0, 0.05) is 19.7 Å². The molecule has 2 amide bonds. The molecule has 0 radical (unpaired) electrons. The molecule has 2 aromatic carbocycles. The lowest BCUT2D eigenvalue weighted by atomic mass is 10.1. The smallest absolute Gasteiger partial charge is 0.321 e. The normalized spacial score (nSPS) is 10.3. The van der Waals surface area contributed by atoms with E-state index in [1.165, 1.54) is 11.0 Å². The van der Waals surface area contributed by atoms with E-state index in [0.29, 0.717) is 6.54 Å². The van der Waals surface area contributed by atoms with Crippen molar-refractivity contribution in [3.05, 3.63) is 65.2 Å². The molecule has 0 aliphatic carbocycles. The summed E-state index contributed by atoms with van der Waals surface area (Å²) in [5.74, 6) is -1.48. The number of hydrogen-bond donors (Lipinski definition) is 1. The minimum absolute atomic E-state index is 0.0435. The van der Waals surface area contributed by atoms with E-state index in [-0.39, 0.29) is 5.69 Å². The molecule has 0 spiro atoms. The summed E-state index contributed by atoms with van der Waals surface area (Å²) in [6.07, 6.45) is 0. The maximum atomic E-state index is 13.5. The van der Waals surface area contributed by atoms with E-state index in [1.54, 1.807) is 7.05 Å². The first-order valence-corrected chi connectivity index (χ1v) is 6.49. The Morgan fingerprint density at radius 3 is 2.57 bits per heavy atom. The fourth-order valence-electron chi connectivity index (χ4n) is 1.92. The van der Waals surface area contributed by atoms with Crippen LogP contribution >= 0.6 is 0 Å². The van der Waals surface area contributed by atoms with Crippen LogP contribution in [0.2, 0.25) is 0 Å². The van der Waals surface area contributed by atoms with E-state index < -0.39 is 17.7 Å². The summed E-state index contributed by atoms with van der Waals surface area (Å²) < 4.78 is 26.3. The van der Waals surface area contributed by atoms with Crippen LogP contribution in [0.25, 0.3) is 0 Å². The van der Waals surface area contributed by atoms with E-state index >= 15 is 0 Å². The maximum Gasteiger partial charge on any atom is 0.321 e. The predicted molar refractivity (Wildman–Crippen MR) is 78.0 cm³/mol. The molecule has 0 aliphatic rings. The van der Waals surface area contributed by atoms with Crippen molar-refractivity contribution >= 4 is 11.7 Å². The molecule has 2 aromatic rings. The number of anilines is 1. The first-order chi connectivity index (χ1) is 9.97. The standard InChI is InChI=1S/C16H16F2N2O/c1-11-5-3-4-6-12(11)10-20(2)16(21)19-15-8-7-13(17)9-14(15)18/h3-9H,10H2,1-2H3,(H,19,21). The molecular formula is C16H16F2N2O. The average molecular weight is 290 g/mol. The van der Waals surface area contributed by atoms with Crippen LogP contribution in [0.4, 0.5) is 19.3 Å². The number of carbonyl (C=O) groups is 1. The summed E-state index contributed by atoms with van der Waals surface area (Å²) in [4.78, 5) is 13.5. The zero-order chi connectivity index (χ0) is 15.4. The van der Waals surface area contributed by atoms with E-state index in [0.717, 1.165) is 23.3 Å². The van der Waals surface area contributed by atoms with E-state index in [1.807, 2.05) is 31.2 Å². The SMILES string of the molecule is Cc1ccccc1CN(C)C(=O)Nc1ccc(F)cc1F. The summed E-state index contributed by atoms with van der Waals surface area (Å²) in [6.45, 7) is 2.36. The Labute approximate surface area is 122 Å². The number of urea groups is 1. The van der Waals surface area contributed by atoms with Gasteiger partial charge in [0.2, 0.25) is 0 Å². The second-order valence-corrected chi connectivity index (χ2v) is 4.84. The van der Waals surface area contributed by atoms with Crippen LogP contribution in [0.3, 0.4) is 0 Å². The lowest BCUT2D eigenvalue weighted by Gasteiger charge is -2.19. The van der Waals surface area contributed by atoms with Crippen molar-refractivity contribution in [3.63, 3.8) is 0 Å². The molecule has 2 rings (SSSR count). The maximum absolute atomic E-state index is 13.5. The fourth-order valence-corrected chi connectivity index (χ4v) is 1.92. The second-order valence-electron chi connectivity index (χ2n) is 4.84. The molecule has 5 heteroatoms. The van der Waals surface area contributed by atoms with E-state index in [9.17, 15) is 13.6 Å². The largest absolute Gasteiger partial charge is 0.323 e. The van der Waals surface area contributed by atoms with Crippen molar-refractivity contribution in [2.75, 3.05) is 12.4 Å². The van der Waals surface area contributed by atoms with Crippen molar-refractivity contribution in [1.29, 1.82) is 0 Å². The van der Waals surface area contributed by atoms with Gasteiger partial charge in [-0.1, -0.05) is 24.3 Å². The highest BCUT2D eigenvalue weighted by atomic mass is 19.1. The summed E-state index contributed by atoms with van der Waals surface area (Å²) in [5.41, 5.74) is 2.04. The highest BCUT2D eigenvalue weighted by Crippen LogP contribution is 2.16. The van der Waals surface area contributed by atoms with Gasteiger partial charge < -0.3 is 10.2 Å². The molecule has 21 heavy (non-hydrogen) atoms. The number of rotatable bonds is 3. The molecule has 3 nitrogen and oxygen atoms in total. The third kappa shape index (κ3) is 3.78. The van der Waals surface area contributed by atoms with Crippen molar-refractivity contribution in [2.45, 2.75) is 13.5 Å². The van der Waals surface area contributed by atoms with Gasteiger partial charge in [0.1, 0.15) is 11.6 Å². The number of hydrogen-bond acceptors (Lipinski definition) is 1. The Bertz CT molecular complexity index is 658. The van der Waals surface area contributed by atoms with Crippen LogP contribution in [-0.2, 0) is 6.54 Å². The fraction of sp³-hybridized carbons (Fsp3) is 0.188. The van der Waals surface area contributed by atoms with Crippen molar-refractivity contribution in [1.82, 2.24) is 4.90 Å². The molecule has 0 heterocycles. The van der Waals surface area contributed by atoms with Gasteiger partial charge in [-0.15, -0.1) is 0 Å². The molecule has 1 N–H and O–H groups in total. The van der Waals surface area contributed by atoms with E-state index in [4.69, 9.17) is 0 Å². The third-order valence-corrected chi connectivity index (χ3v) is 3.19. The van der Waals surface area contributed by atoms with Crippen LogP contribution in [0, 0.1) is 18.6 Å². The summed E-state index contributed by atoms with van der Waals surface area (Å²) in [7, 11) is 1.61. The molecule has 0 unspecified atom stereocenters. The first kappa shape index (κ1) is 15.0. The van der Waals surface area contributed by atoms with Gasteiger partial charge in [-0.05, 0) is 30.2 Å². The minimum atomic E-state index is -0.798. The summed E-state index contributed by atoms with van der Waals surface area (Å²) in [5, 5.41) is 2.42. The van der Waals surface area contributed by atoms with Crippen LogP contribution < -0.4 is 5.32 Å². The lowest BCUT2D eigenvalue weighted by Crippen LogP contribution is -2.31. The average Bonchev–Trinajstić information content (AvgIpc) is 2.44. The van der Waals surface area contributed by atoms with Gasteiger partial charge in [-0.2, -0.15) is 0 Å². The molecule has 0 aromatic heterocycles. The topological polar surface area (TPSA) is 32.3 Å². The van der Waals surface area contributed by atoms with Crippen LogP contribution in [0.15, 0.2) is 42.5 Å². The van der Waals surface area contributed by atoms with E-state index in [2.05, 4.69) is 5.32 Å². The Morgan fingerprint density at radius 2 is 1.90 bits per heavy atom. The van der Waals surface area contributed by atoms with Gasteiger partial charge in [0.25, 0.3) is 0 Å². The molecule has 0 fully saturated rings. The Kier molecular flexibility index (Phi) is 4.52. The Hall–Kier alpha value is -2.43. The monoisotopic (exact) mass is 290 g/mol. The molecule has 0 atom stereocenters. The lowest BCUT2D eigenvalue weighted by molar-refractivity contribution is 0.220. The Balaban J connectivity index is 2.04. The molecule has 0 saturated carbocycles. The molecule has 0 aliphatic heterocycles. The first-order valence-electron chi connectivity index (χ1n) is 6.49. The van der Waals surface area contributed by atoms with Crippen LogP contribution in [0.1, 0.15) is 11.1 Å². The summed E-state index contributed by atoms with van der Waals surface area (Å²) >= 11 is 0. The molecule has 0 bridgehead atoms. The number of nitrogens with zero attached hydrogens (tertiary/aromatic N) is 1. The quantitative estimate of drug-likeness (QED) is 0.912. The number of halogens is 2. The Morgan fingerprint density at radius 1 is 1.19 bits per heavy atom. The third-order valence-electron chi connectivity index (χ3n) is 3.19.